The topological polar surface area (TPSA) is 81.9 Å². The Morgan fingerprint density at radius 3 is 2.66 bits per heavy atom. The minimum Gasteiger partial charge on any atom is -0.494 e. The van der Waals surface area contributed by atoms with Gasteiger partial charge < -0.3 is 10.1 Å². The number of hydrogen-bond acceptors (Lipinski definition) is 6. The van der Waals surface area contributed by atoms with Crippen molar-refractivity contribution < 1.29 is 9.53 Å². The minimum atomic E-state index is -0.107. The van der Waals surface area contributed by atoms with Crippen molar-refractivity contribution in [2.75, 3.05) is 17.7 Å². The summed E-state index contributed by atoms with van der Waals surface area (Å²) in [4.78, 5) is 16.7. The van der Waals surface area contributed by atoms with E-state index in [1.165, 1.54) is 11.8 Å². The monoisotopic (exact) mass is 445 g/mol. The number of hydrogen-bond donors (Lipinski definition) is 1. The summed E-state index contributed by atoms with van der Waals surface area (Å²) in [5, 5.41) is 12.3. The van der Waals surface area contributed by atoms with Crippen molar-refractivity contribution in [2.24, 2.45) is 0 Å². The lowest BCUT2D eigenvalue weighted by Crippen LogP contribution is -2.14. The number of thioether (sulfide) groups is 1. The molecule has 1 amide bonds. The summed E-state index contributed by atoms with van der Waals surface area (Å²) in [6.07, 6.45) is 3.46. The van der Waals surface area contributed by atoms with E-state index >= 15 is 0 Å². The second kappa shape index (κ2) is 10.1. The van der Waals surface area contributed by atoms with E-state index in [4.69, 9.17) is 4.74 Å². The number of nitrogens with one attached hydrogen (secondary N) is 1. The van der Waals surface area contributed by atoms with E-state index in [2.05, 4.69) is 20.5 Å². The van der Waals surface area contributed by atoms with Crippen LogP contribution < -0.4 is 10.1 Å². The number of rotatable bonds is 8. The third-order valence-corrected chi connectivity index (χ3v) is 5.52. The molecule has 0 atom stereocenters. The Kier molecular flexibility index (Phi) is 6.81. The normalized spacial score (nSPS) is 10.7. The van der Waals surface area contributed by atoms with Crippen molar-refractivity contribution in [2.45, 2.75) is 19.0 Å². The minimum absolute atomic E-state index is 0.107. The van der Waals surface area contributed by atoms with Crippen LogP contribution >= 0.6 is 11.8 Å². The molecule has 4 rings (SSSR count). The Bertz CT molecular complexity index is 1190. The Morgan fingerprint density at radius 2 is 1.94 bits per heavy atom. The molecule has 32 heavy (non-hydrogen) atoms. The molecule has 0 aliphatic heterocycles. The number of benzene rings is 2. The highest BCUT2D eigenvalue weighted by Crippen LogP contribution is 2.28. The Labute approximate surface area is 190 Å². The maximum atomic E-state index is 12.5. The van der Waals surface area contributed by atoms with Gasteiger partial charge in [0.1, 0.15) is 5.75 Å². The number of anilines is 1. The number of carbonyl (C=O) groups is 1. The van der Waals surface area contributed by atoms with Crippen molar-refractivity contribution in [3.8, 4) is 22.8 Å². The lowest BCUT2D eigenvalue weighted by molar-refractivity contribution is -0.113. The quantitative estimate of drug-likeness (QED) is 0.394. The molecular weight excluding hydrogens is 422 g/mol. The van der Waals surface area contributed by atoms with E-state index in [0.717, 1.165) is 28.3 Å². The van der Waals surface area contributed by atoms with Gasteiger partial charge in [-0.1, -0.05) is 23.9 Å². The van der Waals surface area contributed by atoms with Crippen LogP contribution in [0.5, 0.6) is 5.75 Å². The zero-order chi connectivity index (χ0) is 22.3. The number of pyridine rings is 1. The van der Waals surface area contributed by atoms with Crippen LogP contribution in [0, 0.1) is 6.92 Å². The van der Waals surface area contributed by atoms with Crippen LogP contribution in [0.1, 0.15) is 12.5 Å². The van der Waals surface area contributed by atoms with E-state index in [0.29, 0.717) is 17.6 Å². The zero-order valence-corrected chi connectivity index (χ0v) is 18.7. The van der Waals surface area contributed by atoms with Crippen molar-refractivity contribution in [3.63, 3.8) is 0 Å². The van der Waals surface area contributed by atoms with Crippen molar-refractivity contribution >= 4 is 23.4 Å². The van der Waals surface area contributed by atoms with Gasteiger partial charge >= 0.3 is 0 Å². The molecule has 0 radical (unpaired) electrons. The second-order valence-corrected chi connectivity index (χ2v) is 7.96. The molecule has 7 nitrogen and oxygen atoms in total. The van der Waals surface area contributed by atoms with Crippen LogP contribution in [0.25, 0.3) is 17.1 Å². The third-order valence-electron chi connectivity index (χ3n) is 4.59. The van der Waals surface area contributed by atoms with Gasteiger partial charge in [0.15, 0.2) is 11.0 Å². The number of ether oxygens (including phenoxy) is 1. The van der Waals surface area contributed by atoms with Crippen molar-refractivity contribution in [3.05, 3.63) is 78.6 Å². The maximum Gasteiger partial charge on any atom is 0.234 e. The predicted molar refractivity (Wildman–Crippen MR) is 126 cm³/mol. The maximum absolute atomic E-state index is 12.5. The fourth-order valence-corrected chi connectivity index (χ4v) is 3.94. The molecule has 0 aliphatic rings. The second-order valence-electron chi connectivity index (χ2n) is 7.02. The van der Waals surface area contributed by atoms with Gasteiger partial charge in [0.05, 0.1) is 12.4 Å². The molecule has 162 valence electrons. The Hall–Kier alpha value is -3.65. The van der Waals surface area contributed by atoms with E-state index < -0.39 is 0 Å². The lowest BCUT2D eigenvalue weighted by Gasteiger charge is -2.11. The van der Waals surface area contributed by atoms with Crippen LogP contribution in [0.2, 0.25) is 0 Å². The first-order chi connectivity index (χ1) is 15.6. The van der Waals surface area contributed by atoms with E-state index in [1.807, 2.05) is 79.1 Å². The summed E-state index contributed by atoms with van der Waals surface area (Å²) in [6, 6.07) is 19.2. The molecular formula is C24H23N5O2S. The molecule has 0 saturated heterocycles. The van der Waals surface area contributed by atoms with E-state index in [1.54, 1.807) is 12.4 Å². The zero-order valence-electron chi connectivity index (χ0n) is 17.9. The molecule has 0 unspecified atom stereocenters. The molecule has 1 N–H and O–H groups in total. The molecule has 0 aliphatic carbocycles. The van der Waals surface area contributed by atoms with Crippen LogP contribution in [0.3, 0.4) is 0 Å². The SMILES string of the molecule is CCOc1ccc(-n2c(SCC(=O)Nc3cccc(C)c3)nnc2-c2cccnc2)cc1. The summed E-state index contributed by atoms with van der Waals surface area (Å²) in [7, 11) is 0. The molecule has 4 aromatic rings. The van der Waals surface area contributed by atoms with Crippen molar-refractivity contribution in [1.29, 1.82) is 0 Å². The standard InChI is InChI=1S/C24H23N5O2S/c1-3-31-21-11-9-20(10-12-21)29-23(18-7-5-13-25-15-18)27-28-24(29)32-16-22(30)26-19-8-4-6-17(2)14-19/h4-15H,3,16H2,1-2H3,(H,26,30). The van der Waals surface area contributed by atoms with Gasteiger partial charge in [-0.05, 0) is 67.9 Å². The fraction of sp³-hybridized carbons (Fsp3) is 0.167. The number of aromatic nitrogens is 4. The summed E-state index contributed by atoms with van der Waals surface area (Å²) in [5.41, 5.74) is 3.58. The van der Waals surface area contributed by atoms with Gasteiger partial charge in [0, 0.05) is 29.3 Å². The lowest BCUT2D eigenvalue weighted by atomic mass is 10.2. The molecule has 0 spiro atoms. The summed E-state index contributed by atoms with van der Waals surface area (Å²) >= 11 is 1.33. The highest BCUT2D eigenvalue weighted by atomic mass is 32.2. The van der Waals surface area contributed by atoms with Gasteiger partial charge in [-0.2, -0.15) is 0 Å². The molecule has 0 bridgehead atoms. The summed E-state index contributed by atoms with van der Waals surface area (Å²) in [6.45, 7) is 4.54. The average molecular weight is 446 g/mol. The van der Waals surface area contributed by atoms with Crippen LogP contribution in [0.15, 0.2) is 78.2 Å². The van der Waals surface area contributed by atoms with Crippen molar-refractivity contribution in [1.82, 2.24) is 19.7 Å². The van der Waals surface area contributed by atoms with Gasteiger partial charge in [0.2, 0.25) is 5.91 Å². The third kappa shape index (κ3) is 5.15. The van der Waals surface area contributed by atoms with Gasteiger partial charge in [-0.3, -0.25) is 14.3 Å². The van der Waals surface area contributed by atoms with Crippen LogP contribution in [-0.2, 0) is 4.79 Å². The molecule has 2 aromatic heterocycles. The first-order valence-corrected chi connectivity index (χ1v) is 11.2. The smallest absolute Gasteiger partial charge is 0.234 e. The molecule has 8 heteroatoms. The average Bonchev–Trinajstić information content (AvgIpc) is 3.23. The number of carbonyl (C=O) groups excluding carboxylic acids is 1. The van der Waals surface area contributed by atoms with Crippen LogP contribution in [-0.4, -0.2) is 38.0 Å². The first kappa shape index (κ1) is 21.6. The molecule has 2 aromatic carbocycles. The molecule has 0 fully saturated rings. The summed E-state index contributed by atoms with van der Waals surface area (Å²) in [5.74, 6) is 1.54. The van der Waals surface area contributed by atoms with E-state index in [9.17, 15) is 4.79 Å². The summed E-state index contributed by atoms with van der Waals surface area (Å²) < 4.78 is 7.49. The number of nitrogens with zero attached hydrogens (tertiary/aromatic N) is 4. The van der Waals surface area contributed by atoms with Gasteiger partial charge in [-0.15, -0.1) is 10.2 Å². The van der Waals surface area contributed by atoms with E-state index in [-0.39, 0.29) is 11.7 Å². The molecule has 2 heterocycles. The number of amides is 1. The number of aryl methyl sites for hydroxylation is 1. The van der Waals surface area contributed by atoms with Gasteiger partial charge in [-0.25, -0.2) is 0 Å². The highest BCUT2D eigenvalue weighted by Gasteiger charge is 2.17. The molecule has 0 saturated carbocycles. The first-order valence-electron chi connectivity index (χ1n) is 10.2. The Morgan fingerprint density at radius 1 is 1.09 bits per heavy atom. The van der Waals surface area contributed by atoms with Gasteiger partial charge in [0.25, 0.3) is 0 Å². The predicted octanol–water partition coefficient (Wildman–Crippen LogP) is 4.77. The highest BCUT2D eigenvalue weighted by molar-refractivity contribution is 7.99. The fourth-order valence-electron chi connectivity index (χ4n) is 3.19. The van der Waals surface area contributed by atoms with Crippen LogP contribution in [0.4, 0.5) is 5.69 Å². The largest absolute Gasteiger partial charge is 0.494 e. The Balaban J connectivity index is 1.59.